The smallest absolute Gasteiger partial charge is 0.225 e. The first-order chi connectivity index (χ1) is 13.1. The minimum atomic E-state index is -0.445. The molecule has 0 radical (unpaired) electrons. The molecule has 1 aliphatic rings. The van der Waals surface area contributed by atoms with Crippen LogP contribution in [-0.2, 0) is 12.8 Å². The van der Waals surface area contributed by atoms with E-state index in [4.69, 9.17) is 5.73 Å². The van der Waals surface area contributed by atoms with Gasteiger partial charge in [-0.15, -0.1) is 0 Å². The molecular weight excluding hydrogens is 345 g/mol. The number of aryl methyl sites for hydroxylation is 3. The number of nitrogens with zero attached hydrogens (tertiary/aromatic N) is 5. The van der Waals surface area contributed by atoms with Crippen LogP contribution < -0.4 is 5.73 Å². The monoisotopic (exact) mass is 365 g/mol. The van der Waals surface area contributed by atoms with E-state index in [1.54, 1.807) is 11.8 Å². The van der Waals surface area contributed by atoms with Crippen molar-refractivity contribution >= 4 is 11.6 Å². The predicted molar refractivity (Wildman–Crippen MR) is 101 cm³/mol. The van der Waals surface area contributed by atoms with Crippen LogP contribution in [0.25, 0.3) is 17.0 Å². The summed E-state index contributed by atoms with van der Waals surface area (Å²) >= 11 is 0. The Bertz CT molecular complexity index is 1060. The SMILES string of the molecule is Cc1cnn2c(N)nc(-c3cncc(F)c3)nc12.c1cc2c([nH]1)CCCC2. The molecule has 1 aliphatic carbocycles. The second kappa shape index (κ2) is 7.14. The molecule has 0 saturated carbocycles. The highest BCUT2D eigenvalue weighted by atomic mass is 19.1. The number of rotatable bonds is 1. The van der Waals surface area contributed by atoms with Crippen LogP contribution >= 0.6 is 0 Å². The first-order valence-electron chi connectivity index (χ1n) is 8.86. The standard InChI is InChI=1S/C11H9FN6.C8H11N/c1-6-3-15-18-10(6)16-9(17-11(18)13)7-2-8(12)5-14-4-7;1-2-4-8-7(3-1)5-6-9-8/h2-5H,1H3,(H2,13,16,17);5-6,9H,1-4H2. The molecule has 27 heavy (non-hydrogen) atoms. The summed E-state index contributed by atoms with van der Waals surface area (Å²) in [5, 5.41) is 4.05. The number of nitrogen functional groups attached to an aromatic ring is 1. The van der Waals surface area contributed by atoms with Crippen molar-refractivity contribution in [2.75, 3.05) is 5.73 Å². The van der Waals surface area contributed by atoms with Crippen LogP contribution in [0.2, 0.25) is 0 Å². The largest absolute Gasteiger partial charge is 0.368 e. The number of nitrogens with two attached hydrogens (primary N) is 1. The third-order valence-corrected chi connectivity index (χ3v) is 4.59. The summed E-state index contributed by atoms with van der Waals surface area (Å²) in [4.78, 5) is 15.4. The van der Waals surface area contributed by atoms with Crippen LogP contribution in [0, 0.1) is 12.7 Å². The normalized spacial score (nSPS) is 13.1. The molecule has 0 aliphatic heterocycles. The van der Waals surface area contributed by atoms with Crippen molar-refractivity contribution in [3.8, 4) is 11.4 Å². The van der Waals surface area contributed by atoms with Gasteiger partial charge >= 0.3 is 0 Å². The Morgan fingerprint density at radius 1 is 1.15 bits per heavy atom. The van der Waals surface area contributed by atoms with E-state index < -0.39 is 5.82 Å². The molecule has 7 nitrogen and oxygen atoms in total. The molecule has 5 rings (SSSR count). The first-order valence-corrected chi connectivity index (χ1v) is 8.86. The molecule has 4 aromatic rings. The fraction of sp³-hybridized carbons (Fsp3) is 0.263. The van der Waals surface area contributed by atoms with E-state index in [0.29, 0.717) is 17.0 Å². The molecule has 3 N–H and O–H groups in total. The molecule has 0 atom stereocenters. The Morgan fingerprint density at radius 2 is 2.00 bits per heavy atom. The number of anilines is 1. The lowest BCUT2D eigenvalue weighted by atomic mass is 9.98. The average molecular weight is 365 g/mol. The lowest BCUT2D eigenvalue weighted by Gasteiger charge is -2.08. The van der Waals surface area contributed by atoms with Crippen LogP contribution in [-0.4, -0.2) is 29.5 Å². The van der Waals surface area contributed by atoms with Gasteiger partial charge in [-0.05, 0) is 50.3 Å². The topological polar surface area (TPSA) is 97.8 Å². The molecule has 0 aromatic carbocycles. The molecule has 0 amide bonds. The molecule has 0 bridgehead atoms. The van der Waals surface area contributed by atoms with Crippen molar-refractivity contribution in [1.82, 2.24) is 29.5 Å². The van der Waals surface area contributed by atoms with E-state index in [1.165, 1.54) is 48.2 Å². The fourth-order valence-electron chi connectivity index (χ4n) is 3.19. The highest BCUT2D eigenvalue weighted by Crippen LogP contribution is 2.19. The molecule has 0 fully saturated rings. The Morgan fingerprint density at radius 3 is 2.81 bits per heavy atom. The molecular formula is C19H20FN7. The molecule has 4 heterocycles. The summed E-state index contributed by atoms with van der Waals surface area (Å²) in [6, 6.07) is 3.51. The van der Waals surface area contributed by atoms with E-state index in [2.05, 4.69) is 37.3 Å². The molecule has 8 heteroatoms. The number of aromatic nitrogens is 6. The zero-order valence-electron chi connectivity index (χ0n) is 15.0. The molecule has 0 saturated heterocycles. The van der Waals surface area contributed by atoms with Crippen molar-refractivity contribution in [3.05, 3.63) is 59.6 Å². The van der Waals surface area contributed by atoms with Crippen molar-refractivity contribution in [2.45, 2.75) is 32.6 Å². The third-order valence-electron chi connectivity index (χ3n) is 4.59. The van der Waals surface area contributed by atoms with Crippen LogP contribution in [0.5, 0.6) is 0 Å². The number of aromatic amines is 1. The number of pyridine rings is 1. The van der Waals surface area contributed by atoms with E-state index in [0.717, 1.165) is 11.8 Å². The van der Waals surface area contributed by atoms with Crippen LogP contribution in [0.1, 0.15) is 29.7 Å². The average Bonchev–Trinajstić information content (AvgIpc) is 3.29. The van der Waals surface area contributed by atoms with Crippen molar-refractivity contribution in [2.24, 2.45) is 0 Å². The van der Waals surface area contributed by atoms with Gasteiger partial charge in [0, 0.05) is 29.2 Å². The Kier molecular flexibility index (Phi) is 4.53. The molecule has 4 aromatic heterocycles. The maximum absolute atomic E-state index is 13.1. The zero-order chi connectivity index (χ0) is 18.8. The van der Waals surface area contributed by atoms with Gasteiger partial charge in [0.15, 0.2) is 11.5 Å². The number of hydrogen-bond acceptors (Lipinski definition) is 5. The van der Waals surface area contributed by atoms with Gasteiger partial charge in [-0.2, -0.15) is 14.6 Å². The van der Waals surface area contributed by atoms with Gasteiger partial charge in [-0.1, -0.05) is 0 Å². The van der Waals surface area contributed by atoms with E-state index >= 15 is 0 Å². The summed E-state index contributed by atoms with van der Waals surface area (Å²) in [7, 11) is 0. The van der Waals surface area contributed by atoms with Gasteiger partial charge in [0.1, 0.15) is 5.82 Å². The van der Waals surface area contributed by atoms with Gasteiger partial charge in [0.05, 0.1) is 12.4 Å². The maximum atomic E-state index is 13.1. The van der Waals surface area contributed by atoms with Gasteiger partial charge in [0.2, 0.25) is 5.95 Å². The van der Waals surface area contributed by atoms with Crippen LogP contribution in [0.4, 0.5) is 10.3 Å². The lowest BCUT2D eigenvalue weighted by molar-refractivity contribution is 0.622. The van der Waals surface area contributed by atoms with Crippen molar-refractivity contribution < 1.29 is 4.39 Å². The highest BCUT2D eigenvalue weighted by Gasteiger charge is 2.11. The summed E-state index contributed by atoms with van der Waals surface area (Å²) in [5.74, 6) is 0.0859. The van der Waals surface area contributed by atoms with Gasteiger partial charge < -0.3 is 10.7 Å². The van der Waals surface area contributed by atoms with Gasteiger partial charge in [0.25, 0.3) is 0 Å². The fourth-order valence-corrected chi connectivity index (χ4v) is 3.19. The molecule has 0 spiro atoms. The number of halogens is 1. The number of hydrogen-bond donors (Lipinski definition) is 2. The Labute approximate surface area is 155 Å². The van der Waals surface area contributed by atoms with E-state index in [9.17, 15) is 4.39 Å². The van der Waals surface area contributed by atoms with Crippen LogP contribution in [0.3, 0.4) is 0 Å². The third kappa shape index (κ3) is 3.51. The summed E-state index contributed by atoms with van der Waals surface area (Å²) in [6.07, 6.45) is 11.6. The van der Waals surface area contributed by atoms with E-state index in [-0.39, 0.29) is 5.95 Å². The second-order valence-corrected chi connectivity index (χ2v) is 6.55. The predicted octanol–water partition coefficient (Wildman–Crippen LogP) is 3.11. The molecule has 0 unspecified atom stereocenters. The van der Waals surface area contributed by atoms with Crippen molar-refractivity contribution in [1.29, 1.82) is 0 Å². The molecule has 138 valence electrons. The minimum absolute atomic E-state index is 0.201. The Balaban J connectivity index is 0.000000167. The number of fused-ring (bicyclic) bond motifs is 2. The summed E-state index contributed by atoms with van der Waals surface area (Å²) < 4.78 is 14.6. The minimum Gasteiger partial charge on any atom is -0.368 e. The van der Waals surface area contributed by atoms with E-state index in [1.807, 2.05) is 6.92 Å². The second-order valence-electron chi connectivity index (χ2n) is 6.55. The van der Waals surface area contributed by atoms with Crippen molar-refractivity contribution in [3.63, 3.8) is 0 Å². The number of H-pyrrole nitrogens is 1. The quantitative estimate of drug-likeness (QED) is 0.540. The first kappa shape index (κ1) is 17.1. The zero-order valence-corrected chi connectivity index (χ0v) is 15.0. The van der Waals surface area contributed by atoms with Crippen LogP contribution in [0.15, 0.2) is 36.9 Å². The Hall–Kier alpha value is -3.29. The van der Waals surface area contributed by atoms with Gasteiger partial charge in [-0.25, -0.2) is 9.37 Å². The summed E-state index contributed by atoms with van der Waals surface area (Å²) in [6.45, 7) is 1.86. The maximum Gasteiger partial charge on any atom is 0.225 e. The highest BCUT2D eigenvalue weighted by molar-refractivity contribution is 5.60. The van der Waals surface area contributed by atoms with Gasteiger partial charge in [-0.3, -0.25) is 4.98 Å². The summed E-state index contributed by atoms with van der Waals surface area (Å²) in [5.41, 5.74) is 10.7. The lowest BCUT2D eigenvalue weighted by Crippen LogP contribution is -2.05. The number of nitrogens with one attached hydrogen (secondary N) is 1.